The van der Waals surface area contributed by atoms with Crippen LogP contribution in [0, 0.1) is 5.92 Å². The number of hydrogen-bond donors (Lipinski definition) is 0. The van der Waals surface area contributed by atoms with Crippen LogP contribution in [0.15, 0.2) is 24.3 Å². The van der Waals surface area contributed by atoms with Gasteiger partial charge < -0.3 is 4.74 Å². The Bertz CT molecular complexity index is 418. The number of unbranched alkanes of at least 4 members (excludes halogenated alkanes) is 1. The van der Waals surface area contributed by atoms with Gasteiger partial charge in [-0.1, -0.05) is 57.4 Å². The summed E-state index contributed by atoms with van der Waals surface area (Å²) in [4.78, 5) is 2.57. The lowest BCUT2D eigenvalue weighted by Gasteiger charge is -2.28. The first kappa shape index (κ1) is 17.5. The zero-order valence-corrected chi connectivity index (χ0v) is 14.5. The predicted molar refractivity (Wildman–Crippen MR) is 94.2 cm³/mol. The highest BCUT2D eigenvalue weighted by Gasteiger charge is 2.14. The lowest BCUT2D eigenvalue weighted by molar-refractivity contribution is 0.0841. The van der Waals surface area contributed by atoms with Crippen molar-refractivity contribution in [2.24, 2.45) is 5.92 Å². The largest absolute Gasteiger partial charge is 0.381 e. The van der Waals surface area contributed by atoms with E-state index >= 15 is 0 Å². The van der Waals surface area contributed by atoms with E-state index in [1.807, 2.05) is 0 Å². The van der Waals surface area contributed by atoms with Gasteiger partial charge in [0.05, 0.1) is 0 Å². The van der Waals surface area contributed by atoms with Crippen molar-refractivity contribution in [3.8, 4) is 0 Å². The molecule has 2 heteroatoms. The Labute approximate surface area is 136 Å². The molecule has 0 aromatic heterocycles. The molecule has 0 radical (unpaired) electrons. The molecule has 0 aliphatic carbocycles. The molecule has 0 bridgehead atoms. The van der Waals surface area contributed by atoms with Crippen LogP contribution >= 0.6 is 0 Å². The normalized spacial score (nSPS) is 16.5. The standard InChI is InChI=1S/C20H33NO/c1-3-5-9-18(4-2)17-22-15-8-13-21-14-12-19-10-6-7-11-20(19)16-21/h6-7,10-11,18H,3-5,8-9,12-17H2,1-2H3. The number of nitrogens with zero attached hydrogens (tertiary/aromatic N) is 1. The summed E-state index contributed by atoms with van der Waals surface area (Å²) in [6.45, 7) is 9.91. The second-order valence-electron chi connectivity index (χ2n) is 6.64. The van der Waals surface area contributed by atoms with Crippen LogP contribution in [-0.4, -0.2) is 31.2 Å². The average Bonchev–Trinajstić information content (AvgIpc) is 2.57. The van der Waals surface area contributed by atoms with Gasteiger partial charge in [-0.15, -0.1) is 0 Å². The summed E-state index contributed by atoms with van der Waals surface area (Å²) in [6.07, 6.45) is 7.58. The fourth-order valence-electron chi connectivity index (χ4n) is 3.28. The van der Waals surface area contributed by atoms with Crippen LogP contribution in [0.5, 0.6) is 0 Å². The summed E-state index contributed by atoms with van der Waals surface area (Å²) >= 11 is 0. The number of benzene rings is 1. The molecule has 1 aromatic carbocycles. The van der Waals surface area contributed by atoms with Crippen molar-refractivity contribution in [3.63, 3.8) is 0 Å². The maximum Gasteiger partial charge on any atom is 0.0494 e. The van der Waals surface area contributed by atoms with E-state index in [1.165, 1.54) is 56.3 Å². The summed E-state index contributed by atoms with van der Waals surface area (Å²) in [5, 5.41) is 0. The number of ether oxygens (including phenoxy) is 1. The van der Waals surface area contributed by atoms with Gasteiger partial charge in [0.2, 0.25) is 0 Å². The van der Waals surface area contributed by atoms with Crippen LogP contribution in [-0.2, 0) is 17.7 Å². The zero-order valence-electron chi connectivity index (χ0n) is 14.5. The summed E-state index contributed by atoms with van der Waals surface area (Å²) in [6, 6.07) is 8.87. The molecule has 1 atom stereocenters. The molecule has 0 fully saturated rings. The molecule has 22 heavy (non-hydrogen) atoms. The fourth-order valence-corrected chi connectivity index (χ4v) is 3.28. The minimum Gasteiger partial charge on any atom is -0.381 e. The van der Waals surface area contributed by atoms with Crippen molar-refractivity contribution in [1.82, 2.24) is 4.90 Å². The molecular formula is C20H33NO. The van der Waals surface area contributed by atoms with Crippen LogP contribution < -0.4 is 0 Å². The molecule has 2 nitrogen and oxygen atoms in total. The molecule has 1 aromatic rings. The van der Waals surface area contributed by atoms with Gasteiger partial charge >= 0.3 is 0 Å². The third-order valence-electron chi connectivity index (χ3n) is 4.87. The van der Waals surface area contributed by atoms with E-state index in [0.717, 1.165) is 32.1 Å². The molecule has 1 aliphatic rings. The Morgan fingerprint density at radius 2 is 1.95 bits per heavy atom. The van der Waals surface area contributed by atoms with Gasteiger partial charge in [0, 0.05) is 32.8 Å². The SMILES string of the molecule is CCCCC(CC)COCCCN1CCc2ccccc2C1. The van der Waals surface area contributed by atoms with Crippen LogP contribution in [0.3, 0.4) is 0 Å². The highest BCUT2D eigenvalue weighted by molar-refractivity contribution is 5.28. The third kappa shape index (κ3) is 5.73. The van der Waals surface area contributed by atoms with Crippen molar-refractivity contribution in [1.29, 1.82) is 0 Å². The van der Waals surface area contributed by atoms with Gasteiger partial charge in [-0.3, -0.25) is 4.90 Å². The summed E-state index contributed by atoms with van der Waals surface area (Å²) < 4.78 is 5.92. The first-order chi connectivity index (χ1) is 10.8. The molecule has 1 aliphatic heterocycles. The Morgan fingerprint density at radius 3 is 2.73 bits per heavy atom. The maximum absolute atomic E-state index is 5.92. The van der Waals surface area contributed by atoms with E-state index in [4.69, 9.17) is 4.74 Å². The smallest absolute Gasteiger partial charge is 0.0494 e. The van der Waals surface area contributed by atoms with Gasteiger partial charge in [-0.05, 0) is 36.3 Å². The van der Waals surface area contributed by atoms with Gasteiger partial charge in [-0.2, -0.15) is 0 Å². The van der Waals surface area contributed by atoms with Crippen LogP contribution in [0.25, 0.3) is 0 Å². The maximum atomic E-state index is 5.92. The first-order valence-electron chi connectivity index (χ1n) is 9.20. The lowest BCUT2D eigenvalue weighted by atomic mass is 10.00. The molecule has 0 saturated carbocycles. The second kappa shape index (κ2) is 10.0. The predicted octanol–water partition coefficient (Wildman–Crippen LogP) is 4.67. The highest BCUT2D eigenvalue weighted by Crippen LogP contribution is 2.18. The van der Waals surface area contributed by atoms with Crippen LogP contribution in [0.4, 0.5) is 0 Å². The van der Waals surface area contributed by atoms with Gasteiger partial charge in [-0.25, -0.2) is 0 Å². The van der Waals surface area contributed by atoms with Gasteiger partial charge in [0.25, 0.3) is 0 Å². The molecule has 1 heterocycles. The molecule has 1 unspecified atom stereocenters. The highest BCUT2D eigenvalue weighted by atomic mass is 16.5. The molecule has 2 rings (SSSR count). The van der Waals surface area contributed by atoms with E-state index < -0.39 is 0 Å². The quantitative estimate of drug-likeness (QED) is 0.582. The lowest BCUT2D eigenvalue weighted by Crippen LogP contribution is -2.31. The number of fused-ring (bicyclic) bond motifs is 1. The van der Waals surface area contributed by atoms with Crippen molar-refractivity contribution in [2.75, 3.05) is 26.3 Å². The molecule has 0 spiro atoms. The summed E-state index contributed by atoms with van der Waals surface area (Å²) in [7, 11) is 0. The molecule has 124 valence electrons. The third-order valence-corrected chi connectivity index (χ3v) is 4.87. The van der Waals surface area contributed by atoms with Gasteiger partial charge in [0.1, 0.15) is 0 Å². The number of hydrogen-bond acceptors (Lipinski definition) is 2. The van der Waals surface area contributed by atoms with E-state index in [2.05, 4.69) is 43.0 Å². The molecule has 0 saturated heterocycles. The molecular weight excluding hydrogens is 270 g/mol. The summed E-state index contributed by atoms with van der Waals surface area (Å²) in [5.74, 6) is 0.766. The minimum absolute atomic E-state index is 0.766. The Balaban J connectivity index is 1.58. The molecule has 0 N–H and O–H groups in total. The second-order valence-corrected chi connectivity index (χ2v) is 6.64. The Morgan fingerprint density at radius 1 is 1.14 bits per heavy atom. The van der Waals surface area contributed by atoms with Gasteiger partial charge in [0.15, 0.2) is 0 Å². The first-order valence-corrected chi connectivity index (χ1v) is 9.20. The van der Waals surface area contributed by atoms with Crippen molar-refractivity contribution >= 4 is 0 Å². The van der Waals surface area contributed by atoms with Crippen LogP contribution in [0.2, 0.25) is 0 Å². The van der Waals surface area contributed by atoms with Crippen LogP contribution in [0.1, 0.15) is 57.1 Å². The van der Waals surface area contributed by atoms with E-state index in [9.17, 15) is 0 Å². The van der Waals surface area contributed by atoms with E-state index in [0.29, 0.717) is 0 Å². The van der Waals surface area contributed by atoms with Crippen molar-refractivity contribution < 1.29 is 4.74 Å². The van der Waals surface area contributed by atoms with Crippen molar-refractivity contribution in [3.05, 3.63) is 35.4 Å². The topological polar surface area (TPSA) is 12.5 Å². The average molecular weight is 303 g/mol. The Hall–Kier alpha value is -0.860. The van der Waals surface area contributed by atoms with E-state index in [-0.39, 0.29) is 0 Å². The monoisotopic (exact) mass is 303 g/mol. The molecule has 0 amide bonds. The van der Waals surface area contributed by atoms with Crippen molar-refractivity contribution in [2.45, 2.75) is 58.9 Å². The zero-order chi connectivity index (χ0) is 15.6. The van der Waals surface area contributed by atoms with E-state index in [1.54, 1.807) is 0 Å². The minimum atomic E-state index is 0.766. The number of rotatable bonds is 10. The fraction of sp³-hybridized carbons (Fsp3) is 0.700. The summed E-state index contributed by atoms with van der Waals surface area (Å²) in [5.41, 5.74) is 3.05. The Kier molecular flexibility index (Phi) is 7.96.